The van der Waals surface area contributed by atoms with Gasteiger partial charge >= 0.3 is 6.18 Å². The molecule has 0 aliphatic carbocycles. The lowest BCUT2D eigenvalue weighted by atomic mass is 10.2. The Hall–Kier alpha value is -2.60. The van der Waals surface area contributed by atoms with Crippen LogP contribution in [-0.4, -0.2) is 8.42 Å². The molecule has 0 heterocycles. The van der Waals surface area contributed by atoms with Crippen molar-refractivity contribution in [1.29, 1.82) is 5.26 Å². The molecule has 0 spiro atoms. The van der Waals surface area contributed by atoms with Gasteiger partial charge in [-0.05, 0) is 30.3 Å². The summed E-state index contributed by atoms with van der Waals surface area (Å²) >= 11 is 0. The van der Waals surface area contributed by atoms with Crippen LogP contribution in [0.1, 0.15) is 11.1 Å². The molecule has 0 bridgehead atoms. The molecule has 2 aromatic carbocycles. The van der Waals surface area contributed by atoms with E-state index < -0.39 is 38.0 Å². The molecule has 0 saturated carbocycles. The monoisotopic (exact) mass is 344 g/mol. The lowest BCUT2D eigenvalue weighted by Crippen LogP contribution is -2.19. The highest BCUT2D eigenvalue weighted by Crippen LogP contribution is 2.34. The van der Waals surface area contributed by atoms with Crippen molar-refractivity contribution in [1.82, 2.24) is 0 Å². The van der Waals surface area contributed by atoms with Crippen molar-refractivity contribution in [2.24, 2.45) is 0 Å². The van der Waals surface area contributed by atoms with Gasteiger partial charge in [-0.3, -0.25) is 4.72 Å². The molecule has 1 N–H and O–H groups in total. The number of anilines is 1. The molecule has 0 fully saturated rings. The predicted molar refractivity (Wildman–Crippen MR) is 73.4 cm³/mol. The van der Waals surface area contributed by atoms with Gasteiger partial charge in [0.2, 0.25) is 0 Å². The van der Waals surface area contributed by atoms with E-state index in [0.29, 0.717) is 6.07 Å². The molecular formula is C14H8F4N2O2S. The minimum atomic E-state index is -4.86. The summed E-state index contributed by atoms with van der Waals surface area (Å²) < 4.78 is 78.1. The minimum absolute atomic E-state index is 0.222. The summed E-state index contributed by atoms with van der Waals surface area (Å²) in [5.41, 5.74) is -1.98. The van der Waals surface area contributed by atoms with Crippen LogP contribution < -0.4 is 4.72 Å². The molecule has 2 rings (SSSR count). The van der Waals surface area contributed by atoms with Gasteiger partial charge in [0.1, 0.15) is 11.9 Å². The Balaban J connectivity index is 2.47. The maximum absolute atomic E-state index is 13.2. The number of nitrogens with zero attached hydrogens (tertiary/aromatic N) is 1. The summed E-state index contributed by atoms with van der Waals surface area (Å²) in [6, 6.07) is 7.90. The van der Waals surface area contributed by atoms with Crippen LogP contribution >= 0.6 is 0 Å². The van der Waals surface area contributed by atoms with E-state index >= 15 is 0 Å². The summed E-state index contributed by atoms with van der Waals surface area (Å²) in [6.45, 7) is 0. The second-order valence-electron chi connectivity index (χ2n) is 4.41. The van der Waals surface area contributed by atoms with Crippen molar-refractivity contribution >= 4 is 15.7 Å². The predicted octanol–water partition coefficient (Wildman–Crippen LogP) is 3.52. The van der Waals surface area contributed by atoms with Gasteiger partial charge in [-0.15, -0.1) is 0 Å². The Morgan fingerprint density at radius 1 is 1.09 bits per heavy atom. The maximum Gasteiger partial charge on any atom is 0.417 e. The van der Waals surface area contributed by atoms with Crippen LogP contribution in [0.25, 0.3) is 0 Å². The zero-order valence-electron chi connectivity index (χ0n) is 11.2. The normalized spacial score (nSPS) is 11.8. The summed E-state index contributed by atoms with van der Waals surface area (Å²) in [5, 5.41) is 8.69. The molecule has 0 atom stereocenters. The first-order valence-corrected chi connectivity index (χ1v) is 7.52. The molecule has 4 nitrogen and oxygen atoms in total. The summed E-state index contributed by atoms with van der Waals surface area (Å²) in [4.78, 5) is -0.963. The molecule has 2 aromatic rings. The highest BCUT2D eigenvalue weighted by atomic mass is 32.2. The average molecular weight is 344 g/mol. The quantitative estimate of drug-likeness (QED) is 0.866. The minimum Gasteiger partial charge on any atom is -0.280 e. The number of hydrogen-bond acceptors (Lipinski definition) is 3. The van der Waals surface area contributed by atoms with E-state index in [1.54, 1.807) is 0 Å². The molecular weight excluding hydrogens is 336 g/mol. The topological polar surface area (TPSA) is 70.0 Å². The number of halogens is 4. The van der Waals surface area contributed by atoms with Crippen LogP contribution in [0.2, 0.25) is 0 Å². The number of nitriles is 1. The third kappa shape index (κ3) is 3.60. The van der Waals surface area contributed by atoms with E-state index in [4.69, 9.17) is 5.26 Å². The van der Waals surface area contributed by atoms with Crippen molar-refractivity contribution < 1.29 is 26.0 Å². The van der Waals surface area contributed by atoms with Crippen LogP contribution in [0.15, 0.2) is 47.4 Å². The number of sulfonamides is 1. The van der Waals surface area contributed by atoms with Gasteiger partial charge < -0.3 is 0 Å². The Morgan fingerprint density at radius 3 is 2.35 bits per heavy atom. The molecule has 23 heavy (non-hydrogen) atoms. The first-order chi connectivity index (χ1) is 10.6. The van der Waals surface area contributed by atoms with Gasteiger partial charge in [0.05, 0.1) is 21.7 Å². The summed E-state index contributed by atoms with van der Waals surface area (Å²) in [7, 11) is -4.57. The third-order valence-electron chi connectivity index (χ3n) is 2.82. The molecule has 0 unspecified atom stereocenters. The zero-order valence-corrected chi connectivity index (χ0v) is 12.0. The van der Waals surface area contributed by atoms with Crippen molar-refractivity contribution in [2.75, 3.05) is 4.72 Å². The molecule has 0 radical (unpaired) electrons. The van der Waals surface area contributed by atoms with E-state index in [2.05, 4.69) is 0 Å². The smallest absolute Gasteiger partial charge is 0.280 e. The lowest BCUT2D eigenvalue weighted by molar-refractivity contribution is -0.139. The number of nitrogens with one attached hydrogen (secondary N) is 1. The second-order valence-corrected chi connectivity index (χ2v) is 6.06. The standard InChI is InChI=1S/C14H8F4N2O2S/c15-12-6-5-10(7-9(12)8-19)20-23(21,22)13-4-2-1-3-11(13)14(16,17)18/h1-7,20H. The fraction of sp³-hybridized carbons (Fsp3) is 0.0714. The molecule has 0 saturated heterocycles. The SMILES string of the molecule is N#Cc1cc(NS(=O)(=O)c2ccccc2C(F)(F)F)ccc1F. The van der Waals surface area contributed by atoms with Crippen molar-refractivity contribution in [3.05, 3.63) is 59.4 Å². The maximum atomic E-state index is 13.2. The van der Waals surface area contributed by atoms with Crippen LogP contribution in [-0.2, 0) is 16.2 Å². The molecule has 9 heteroatoms. The Labute approximate surface area is 129 Å². The third-order valence-corrected chi connectivity index (χ3v) is 4.26. The van der Waals surface area contributed by atoms with Gasteiger partial charge in [-0.25, -0.2) is 12.8 Å². The number of alkyl halides is 3. The second kappa shape index (κ2) is 5.89. The van der Waals surface area contributed by atoms with E-state index in [-0.39, 0.29) is 5.69 Å². The average Bonchev–Trinajstić information content (AvgIpc) is 2.48. The highest BCUT2D eigenvalue weighted by Gasteiger charge is 2.36. The van der Waals surface area contributed by atoms with Crippen LogP contribution in [0.5, 0.6) is 0 Å². The van der Waals surface area contributed by atoms with Gasteiger partial charge in [-0.2, -0.15) is 18.4 Å². The highest BCUT2D eigenvalue weighted by molar-refractivity contribution is 7.92. The van der Waals surface area contributed by atoms with Gasteiger partial charge in [0.15, 0.2) is 0 Å². The Bertz CT molecular complexity index is 886. The van der Waals surface area contributed by atoms with Crippen LogP contribution in [0.4, 0.5) is 23.2 Å². The molecule has 120 valence electrons. The lowest BCUT2D eigenvalue weighted by Gasteiger charge is -2.14. The van der Waals surface area contributed by atoms with Crippen LogP contribution in [0, 0.1) is 17.1 Å². The molecule has 0 amide bonds. The van der Waals surface area contributed by atoms with E-state index in [0.717, 1.165) is 36.4 Å². The number of benzene rings is 2. The zero-order chi connectivity index (χ0) is 17.3. The van der Waals surface area contributed by atoms with Gasteiger partial charge in [-0.1, -0.05) is 12.1 Å². The number of rotatable bonds is 3. The van der Waals surface area contributed by atoms with E-state index in [9.17, 15) is 26.0 Å². The molecule has 0 aliphatic rings. The van der Waals surface area contributed by atoms with Crippen LogP contribution in [0.3, 0.4) is 0 Å². The van der Waals surface area contributed by atoms with E-state index in [1.165, 1.54) is 6.07 Å². The van der Waals surface area contributed by atoms with E-state index in [1.807, 2.05) is 4.72 Å². The fourth-order valence-electron chi connectivity index (χ4n) is 1.82. The Kier molecular flexibility index (Phi) is 4.29. The van der Waals surface area contributed by atoms with Crippen molar-refractivity contribution in [3.63, 3.8) is 0 Å². The first-order valence-electron chi connectivity index (χ1n) is 6.04. The Morgan fingerprint density at radius 2 is 1.74 bits per heavy atom. The first kappa shape index (κ1) is 16.8. The van der Waals surface area contributed by atoms with Crippen molar-refractivity contribution in [3.8, 4) is 6.07 Å². The van der Waals surface area contributed by atoms with Crippen molar-refractivity contribution in [2.45, 2.75) is 11.1 Å². The largest absolute Gasteiger partial charge is 0.417 e. The fourth-order valence-corrected chi connectivity index (χ4v) is 3.10. The summed E-state index contributed by atoms with van der Waals surface area (Å²) in [5.74, 6) is -0.869. The van der Waals surface area contributed by atoms with Gasteiger partial charge in [0, 0.05) is 0 Å². The molecule has 0 aliphatic heterocycles. The summed E-state index contributed by atoms with van der Waals surface area (Å²) in [6.07, 6.45) is -4.86. The van der Waals surface area contributed by atoms with Gasteiger partial charge in [0.25, 0.3) is 10.0 Å². The number of hydrogen-bond donors (Lipinski definition) is 1. The molecule has 0 aromatic heterocycles.